The minimum atomic E-state index is -0.624. The lowest BCUT2D eigenvalue weighted by Crippen LogP contribution is -2.15. The lowest BCUT2D eigenvalue weighted by molar-refractivity contribution is -0.111. The molecule has 2 N–H and O–H groups in total. The third-order valence-corrected chi connectivity index (χ3v) is 3.85. The average molecular weight is 359 g/mol. The predicted molar refractivity (Wildman–Crippen MR) is 92.2 cm³/mol. The van der Waals surface area contributed by atoms with Crippen molar-refractivity contribution in [3.05, 3.63) is 48.6 Å². The highest BCUT2D eigenvalue weighted by Crippen LogP contribution is 2.20. The van der Waals surface area contributed by atoms with Crippen LogP contribution in [0.1, 0.15) is 23.3 Å². The first-order valence-corrected chi connectivity index (χ1v) is 8.11. The molecule has 0 spiro atoms. The van der Waals surface area contributed by atoms with E-state index in [1.54, 1.807) is 4.68 Å². The summed E-state index contributed by atoms with van der Waals surface area (Å²) in [5.41, 5.74) is 0.378. The maximum atomic E-state index is 13.7. The van der Waals surface area contributed by atoms with Gasteiger partial charge in [0.25, 0.3) is 5.91 Å². The second kappa shape index (κ2) is 7.87. The van der Waals surface area contributed by atoms with Crippen LogP contribution in [-0.4, -0.2) is 39.5 Å². The summed E-state index contributed by atoms with van der Waals surface area (Å²) < 4.78 is 20.8. The largest absolute Gasteiger partial charge is 0.376 e. The van der Waals surface area contributed by atoms with Crippen LogP contribution in [0, 0.1) is 5.82 Å². The van der Waals surface area contributed by atoms with Gasteiger partial charge in [0.2, 0.25) is 5.91 Å². The molecule has 9 heteroatoms. The third-order valence-electron chi connectivity index (χ3n) is 3.85. The fraction of sp³-hybridized carbons (Fsp3) is 0.294. The Hall–Kier alpha value is -3.07. The topological polar surface area (TPSA) is 98.1 Å². The number of halogens is 1. The number of aromatic nitrogens is 3. The molecule has 2 amide bonds. The van der Waals surface area contributed by atoms with Gasteiger partial charge in [-0.1, -0.05) is 11.8 Å². The highest BCUT2D eigenvalue weighted by Gasteiger charge is 2.18. The number of amides is 2. The molecule has 26 heavy (non-hydrogen) atoms. The molecule has 136 valence electrons. The van der Waals surface area contributed by atoms with Gasteiger partial charge in [-0.25, -0.2) is 9.07 Å². The Morgan fingerprint density at radius 2 is 2.27 bits per heavy atom. The van der Waals surface area contributed by atoms with Crippen molar-refractivity contribution in [2.45, 2.75) is 25.5 Å². The Kier molecular flexibility index (Phi) is 5.37. The summed E-state index contributed by atoms with van der Waals surface area (Å²) in [5.74, 6) is -1.67. The van der Waals surface area contributed by atoms with Gasteiger partial charge in [0.1, 0.15) is 5.82 Å². The van der Waals surface area contributed by atoms with Gasteiger partial charge < -0.3 is 15.4 Å². The monoisotopic (exact) mass is 359 g/mol. The lowest BCUT2D eigenvalue weighted by Gasteiger charge is -2.08. The van der Waals surface area contributed by atoms with Gasteiger partial charge in [-0.2, -0.15) is 0 Å². The Labute approximate surface area is 149 Å². The van der Waals surface area contributed by atoms with E-state index in [0.717, 1.165) is 31.6 Å². The van der Waals surface area contributed by atoms with Gasteiger partial charge in [0, 0.05) is 12.3 Å². The van der Waals surface area contributed by atoms with Crippen LogP contribution in [0.5, 0.6) is 0 Å². The first-order valence-electron chi connectivity index (χ1n) is 8.11. The molecule has 1 aliphatic rings. The number of ether oxygens (including phenoxy) is 1. The Morgan fingerprint density at radius 1 is 1.42 bits per heavy atom. The van der Waals surface area contributed by atoms with Gasteiger partial charge in [-0.15, -0.1) is 5.10 Å². The van der Waals surface area contributed by atoms with Crippen LogP contribution >= 0.6 is 0 Å². The minimum absolute atomic E-state index is 0.0604. The molecule has 0 radical (unpaired) electrons. The molecule has 1 aromatic heterocycles. The van der Waals surface area contributed by atoms with Crippen LogP contribution in [0.3, 0.4) is 0 Å². The van der Waals surface area contributed by atoms with Crippen molar-refractivity contribution < 1.29 is 18.7 Å². The Morgan fingerprint density at radius 3 is 3.00 bits per heavy atom. The first kappa shape index (κ1) is 17.7. The van der Waals surface area contributed by atoms with Gasteiger partial charge >= 0.3 is 0 Å². The molecule has 2 heterocycles. The second-order valence-corrected chi connectivity index (χ2v) is 5.80. The van der Waals surface area contributed by atoms with Crippen LogP contribution in [0.15, 0.2) is 37.1 Å². The molecule has 1 unspecified atom stereocenters. The fourth-order valence-corrected chi connectivity index (χ4v) is 2.57. The zero-order valence-electron chi connectivity index (χ0n) is 13.9. The maximum absolute atomic E-state index is 13.7. The molecule has 1 saturated heterocycles. The van der Waals surface area contributed by atoms with Gasteiger partial charge in [0.15, 0.2) is 5.69 Å². The molecule has 0 saturated carbocycles. The van der Waals surface area contributed by atoms with E-state index in [9.17, 15) is 14.0 Å². The molecule has 3 rings (SSSR count). The molecule has 1 atom stereocenters. The van der Waals surface area contributed by atoms with Crippen molar-refractivity contribution >= 4 is 23.2 Å². The highest BCUT2D eigenvalue weighted by atomic mass is 19.1. The number of anilines is 2. The van der Waals surface area contributed by atoms with E-state index in [0.29, 0.717) is 12.2 Å². The molecule has 8 nitrogen and oxygen atoms in total. The zero-order valence-corrected chi connectivity index (χ0v) is 13.9. The second-order valence-electron chi connectivity index (χ2n) is 5.80. The van der Waals surface area contributed by atoms with E-state index < -0.39 is 17.6 Å². The number of hydrogen-bond donors (Lipinski definition) is 2. The summed E-state index contributed by atoms with van der Waals surface area (Å²) in [4.78, 5) is 23.6. The number of rotatable bonds is 6. The SMILES string of the molecule is C=CC(=O)Nc1cc(NC(=O)c2cn(CC3CCCO3)nn2)ccc1F. The predicted octanol–water partition coefficient (Wildman–Crippen LogP) is 1.97. The highest BCUT2D eigenvalue weighted by molar-refractivity contribution is 6.03. The van der Waals surface area contributed by atoms with Crippen molar-refractivity contribution in [1.29, 1.82) is 0 Å². The average Bonchev–Trinajstić information content (AvgIpc) is 3.30. The van der Waals surface area contributed by atoms with Crippen LogP contribution in [0.4, 0.5) is 15.8 Å². The van der Waals surface area contributed by atoms with Crippen molar-refractivity contribution in [2.75, 3.05) is 17.2 Å². The van der Waals surface area contributed by atoms with Crippen molar-refractivity contribution in [3.8, 4) is 0 Å². The minimum Gasteiger partial charge on any atom is -0.376 e. The fourth-order valence-electron chi connectivity index (χ4n) is 2.57. The third kappa shape index (κ3) is 4.31. The number of benzene rings is 1. The van der Waals surface area contributed by atoms with E-state index in [1.165, 1.54) is 18.3 Å². The first-order chi connectivity index (χ1) is 12.5. The number of carbonyl (C=O) groups is 2. The van der Waals surface area contributed by atoms with E-state index >= 15 is 0 Å². The van der Waals surface area contributed by atoms with Crippen molar-refractivity contribution in [1.82, 2.24) is 15.0 Å². The number of hydrogen-bond acceptors (Lipinski definition) is 5. The summed E-state index contributed by atoms with van der Waals surface area (Å²) in [7, 11) is 0. The number of carbonyl (C=O) groups excluding carboxylic acids is 2. The van der Waals surface area contributed by atoms with Gasteiger partial charge in [0.05, 0.1) is 24.5 Å². The summed E-state index contributed by atoms with van der Waals surface area (Å²) in [6.45, 7) is 4.58. The quantitative estimate of drug-likeness (QED) is 0.769. The summed E-state index contributed by atoms with van der Waals surface area (Å²) in [6.07, 6.45) is 4.61. The van der Waals surface area contributed by atoms with E-state index in [1.807, 2.05) is 0 Å². The smallest absolute Gasteiger partial charge is 0.277 e. The Balaban J connectivity index is 1.65. The molecule has 0 aliphatic carbocycles. The normalized spacial score (nSPS) is 16.3. The number of nitrogens with zero attached hydrogens (tertiary/aromatic N) is 3. The summed E-state index contributed by atoms with van der Waals surface area (Å²) in [5, 5.41) is 12.7. The number of nitrogens with one attached hydrogen (secondary N) is 2. The Bertz CT molecular complexity index is 830. The lowest BCUT2D eigenvalue weighted by atomic mass is 10.2. The van der Waals surface area contributed by atoms with Crippen LogP contribution in [-0.2, 0) is 16.1 Å². The molecule has 1 aromatic carbocycles. The summed E-state index contributed by atoms with van der Waals surface area (Å²) >= 11 is 0. The van der Waals surface area contributed by atoms with E-state index in [4.69, 9.17) is 4.74 Å². The molecule has 1 aliphatic heterocycles. The zero-order chi connectivity index (χ0) is 18.5. The van der Waals surface area contributed by atoms with Crippen molar-refractivity contribution in [3.63, 3.8) is 0 Å². The van der Waals surface area contributed by atoms with E-state index in [-0.39, 0.29) is 17.5 Å². The molecule has 1 fully saturated rings. The molecular weight excluding hydrogens is 341 g/mol. The van der Waals surface area contributed by atoms with E-state index in [2.05, 4.69) is 27.5 Å². The molecule has 2 aromatic rings. The molecular formula is C17H18FN5O3. The van der Waals surface area contributed by atoms with Crippen molar-refractivity contribution in [2.24, 2.45) is 0 Å². The summed E-state index contributed by atoms with van der Waals surface area (Å²) in [6, 6.07) is 3.83. The van der Waals surface area contributed by atoms with Crippen LogP contribution in [0.2, 0.25) is 0 Å². The maximum Gasteiger partial charge on any atom is 0.277 e. The van der Waals surface area contributed by atoms with Gasteiger partial charge in [-0.05, 0) is 37.1 Å². The van der Waals surface area contributed by atoms with Gasteiger partial charge in [-0.3, -0.25) is 9.59 Å². The molecule has 0 bridgehead atoms. The van der Waals surface area contributed by atoms with Crippen LogP contribution < -0.4 is 10.6 Å². The standard InChI is InChI=1S/C17H18FN5O3/c1-2-16(24)20-14-8-11(5-6-13(14)18)19-17(25)15-10-23(22-21-15)9-12-4-3-7-26-12/h2,5-6,8,10,12H,1,3-4,7,9H2,(H,19,25)(H,20,24). The van der Waals surface area contributed by atoms with Crippen LogP contribution in [0.25, 0.3) is 0 Å².